The lowest BCUT2D eigenvalue weighted by molar-refractivity contribution is -0.384. The van der Waals surface area contributed by atoms with Gasteiger partial charge >= 0.3 is 0 Å². The zero-order valence-corrected chi connectivity index (χ0v) is 12.5. The number of rotatable bonds is 4. The van der Waals surface area contributed by atoms with Crippen molar-refractivity contribution in [3.63, 3.8) is 0 Å². The largest absolute Gasteiger partial charge is 0.374 e. The number of non-ortho nitro benzene ring substituents is 1. The highest BCUT2D eigenvalue weighted by atomic mass is 16.6. The first-order chi connectivity index (χ1) is 9.97. The van der Waals surface area contributed by atoms with Crippen LogP contribution >= 0.6 is 0 Å². The summed E-state index contributed by atoms with van der Waals surface area (Å²) in [6, 6.07) is 4.41. The van der Waals surface area contributed by atoms with E-state index < -0.39 is 4.92 Å². The molecule has 1 atom stereocenters. The fourth-order valence-electron chi connectivity index (χ4n) is 2.65. The van der Waals surface area contributed by atoms with Crippen molar-refractivity contribution in [2.24, 2.45) is 0 Å². The minimum absolute atomic E-state index is 0.0371. The zero-order valence-electron chi connectivity index (χ0n) is 12.5. The fraction of sp³-hybridized carbons (Fsp3) is 0.533. The Morgan fingerprint density at radius 1 is 1.29 bits per heavy atom. The van der Waals surface area contributed by atoms with Gasteiger partial charge in [-0.05, 0) is 44.7 Å². The van der Waals surface area contributed by atoms with Gasteiger partial charge in [-0.1, -0.05) is 0 Å². The molecule has 1 saturated heterocycles. The highest BCUT2D eigenvalue weighted by Gasteiger charge is 2.22. The minimum atomic E-state index is -0.421. The van der Waals surface area contributed by atoms with Gasteiger partial charge in [0.2, 0.25) is 5.91 Å². The van der Waals surface area contributed by atoms with Gasteiger partial charge in [-0.15, -0.1) is 0 Å². The molecule has 1 heterocycles. The van der Waals surface area contributed by atoms with E-state index in [0.717, 1.165) is 31.5 Å². The minimum Gasteiger partial charge on any atom is -0.374 e. The number of carbonyl (C=O) groups excluding carboxylic acids is 1. The predicted molar refractivity (Wildman–Crippen MR) is 81.3 cm³/mol. The Kier molecular flexibility index (Phi) is 4.77. The smallest absolute Gasteiger partial charge is 0.271 e. The van der Waals surface area contributed by atoms with Crippen molar-refractivity contribution >= 4 is 17.3 Å². The molecule has 114 valence electrons. The van der Waals surface area contributed by atoms with Crippen molar-refractivity contribution < 1.29 is 9.72 Å². The Labute approximate surface area is 124 Å². The van der Waals surface area contributed by atoms with E-state index in [9.17, 15) is 14.9 Å². The molecule has 1 aliphatic heterocycles. The molecule has 0 aliphatic carbocycles. The van der Waals surface area contributed by atoms with Crippen molar-refractivity contribution in [2.75, 3.05) is 18.4 Å². The molecule has 0 saturated carbocycles. The maximum atomic E-state index is 12.3. The molecule has 6 nitrogen and oxygen atoms in total. The lowest BCUT2D eigenvalue weighted by Crippen LogP contribution is -2.43. The molecule has 1 amide bonds. The van der Waals surface area contributed by atoms with Crippen LogP contribution in [-0.4, -0.2) is 34.9 Å². The van der Waals surface area contributed by atoms with Gasteiger partial charge in [0.25, 0.3) is 5.69 Å². The van der Waals surface area contributed by atoms with Crippen LogP contribution < -0.4 is 5.32 Å². The van der Waals surface area contributed by atoms with Gasteiger partial charge < -0.3 is 10.2 Å². The SMILES string of the molecule is Cc1cc(NC(C)C(=O)N2CCCCC2)cc([N+](=O)[O-])c1. The molecular weight excluding hydrogens is 270 g/mol. The van der Waals surface area contributed by atoms with E-state index in [2.05, 4.69) is 5.32 Å². The number of anilines is 1. The molecule has 0 bridgehead atoms. The van der Waals surface area contributed by atoms with Crippen molar-refractivity contribution in [2.45, 2.75) is 39.2 Å². The summed E-state index contributed by atoms with van der Waals surface area (Å²) in [6.45, 7) is 5.21. The van der Waals surface area contributed by atoms with Crippen LogP contribution in [0.4, 0.5) is 11.4 Å². The molecule has 0 radical (unpaired) electrons. The number of amides is 1. The number of aryl methyl sites for hydroxylation is 1. The Hall–Kier alpha value is -2.11. The topological polar surface area (TPSA) is 75.5 Å². The molecule has 1 unspecified atom stereocenters. The number of likely N-dealkylation sites (tertiary alicyclic amines) is 1. The number of nitrogens with zero attached hydrogens (tertiary/aromatic N) is 2. The van der Waals surface area contributed by atoms with Crippen molar-refractivity contribution in [3.8, 4) is 0 Å². The summed E-state index contributed by atoms with van der Waals surface area (Å²) in [5.41, 5.74) is 1.44. The highest BCUT2D eigenvalue weighted by molar-refractivity contribution is 5.84. The second-order valence-corrected chi connectivity index (χ2v) is 5.57. The van der Waals surface area contributed by atoms with Crippen LogP contribution in [-0.2, 0) is 4.79 Å². The van der Waals surface area contributed by atoms with Crippen LogP contribution in [0.2, 0.25) is 0 Å². The maximum absolute atomic E-state index is 12.3. The first kappa shape index (κ1) is 15.3. The van der Waals surface area contributed by atoms with Gasteiger partial charge in [0.15, 0.2) is 0 Å². The summed E-state index contributed by atoms with van der Waals surface area (Å²) in [6.07, 6.45) is 3.28. The van der Waals surface area contributed by atoms with Gasteiger partial charge in [0.1, 0.15) is 6.04 Å². The molecule has 0 aromatic heterocycles. The van der Waals surface area contributed by atoms with Gasteiger partial charge in [-0.25, -0.2) is 0 Å². The van der Waals surface area contributed by atoms with E-state index in [1.54, 1.807) is 13.8 Å². The van der Waals surface area contributed by atoms with Crippen molar-refractivity contribution in [3.05, 3.63) is 33.9 Å². The molecule has 21 heavy (non-hydrogen) atoms. The van der Waals surface area contributed by atoms with Crippen LogP contribution in [0.25, 0.3) is 0 Å². The second kappa shape index (κ2) is 6.56. The average molecular weight is 291 g/mol. The fourth-order valence-corrected chi connectivity index (χ4v) is 2.65. The van der Waals surface area contributed by atoms with Crippen LogP contribution in [0.1, 0.15) is 31.7 Å². The number of nitrogens with one attached hydrogen (secondary N) is 1. The van der Waals surface area contributed by atoms with Crippen molar-refractivity contribution in [1.82, 2.24) is 4.90 Å². The zero-order chi connectivity index (χ0) is 15.4. The molecule has 2 rings (SSSR count). The number of carbonyl (C=O) groups is 1. The molecule has 1 fully saturated rings. The van der Waals surface area contributed by atoms with E-state index in [-0.39, 0.29) is 17.6 Å². The Morgan fingerprint density at radius 2 is 1.95 bits per heavy atom. The van der Waals surface area contributed by atoms with E-state index in [4.69, 9.17) is 0 Å². The number of benzene rings is 1. The third-order valence-corrected chi connectivity index (χ3v) is 3.69. The molecular formula is C15H21N3O3. The van der Waals surface area contributed by atoms with E-state index in [1.807, 2.05) is 11.0 Å². The standard InChI is InChI=1S/C15H21N3O3/c1-11-8-13(10-14(9-11)18(20)21)16-12(2)15(19)17-6-4-3-5-7-17/h8-10,12,16H,3-7H2,1-2H3. The number of hydrogen-bond donors (Lipinski definition) is 1. The van der Waals surface area contributed by atoms with Crippen LogP contribution in [0.5, 0.6) is 0 Å². The van der Waals surface area contributed by atoms with Gasteiger partial charge in [-0.3, -0.25) is 14.9 Å². The normalized spacial score (nSPS) is 16.4. The average Bonchev–Trinajstić information content (AvgIpc) is 2.46. The third kappa shape index (κ3) is 3.93. The monoisotopic (exact) mass is 291 g/mol. The van der Waals surface area contributed by atoms with Crippen LogP contribution in [0.15, 0.2) is 18.2 Å². The van der Waals surface area contributed by atoms with E-state index in [0.29, 0.717) is 5.69 Å². The van der Waals surface area contributed by atoms with E-state index in [1.165, 1.54) is 18.6 Å². The summed E-state index contributed by atoms with van der Waals surface area (Å²) in [4.78, 5) is 24.7. The molecule has 1 N–H and O–H groups in total. The van der Waals surface area contributed by atoms with Crippen LogP contribution in [0, 0.1) is 17.0 Å². The first-order valence-corrected chi connectivity index (χ1v) is 7.29. The van der Waals surface area contributed by atoms with Gasteiger partial charge in [0.05, 0.1) is 4.92 Å². The summed E-state index contributed by atoms with van der Waals surface area (Å²) in [5.74, 6) is 0.0545. The second-order valence-electron chi connectivity index (χ2n) is 5.57. The summed E-state index contributed by atoms with van der Waals surface area (Å²) in [7, 11) is 0. The molecule has 1 aromatic rings. The first-order valence-electron chi connectivity index (χ1n) is 7.29. The highest BCUT2D eigenvalue weighted by Crippen LogP contribution is 2.21. The number of nitro benzene ring substituents is 1. The maximum Gasteiger partial charge on any atom is 0.271 e. The molecule has 1 aromatic carbocycles. The molecule has 0 spiro atoms. The summed E-state index contributed by atoms with van der Waals surface area (Å²) < 4.78 is 0. The summed E-state index contributed by atoms with van der Waals surface area (Å²) in [5, 5.41) is 14.0. The quantitative estimate of drug-likeness (QED) is 0.683. The number of piperidine rings is 1. The van der Waals surface area contributed by atoms with E-state index >= 15 is 0 Å². The van der Waals surface area contributed by atoms with Crippen LogP contribution in [0.3, 0.4) is 0 Å². The lowest BCUT2D eigenvalue weighted by Gasteiger charge is -2.29. The Balaban J connectivity index is 2.06. The molecule has 6 heteroatoms. The predicted octanol–water partition coefficient (Wildman–Crippen LogP) is 2.72. The number of hydrogen-bond acceptors (Lipinski definition) is 4. The Morgan fingerprint density at radius 3 is 2.57 bits per heavy atom. The Bertz CT molecular complexity index is 539. The third-order valence-electron chi connectivity index (χ3n) is 3.69. The number of nitro groups is 1. The van der Waals surface area contributed by atoms with Gasteiger partial charge in [0, 0.05) is 30.9 Å². The summed E-state index contributed by atoms with van der Waals surface area (Å²) >= 11 is 0. The lowest BCUT2D eigenvalue weighted by atomic mass is 10.1. The van der Waals surface area contributed by atoms with Gasteiger partial charge in [-0.2, -0.15) is 0 Å². The molecule has 1 aliphatic rings. The van der Waals surface area contributed by atoms with Crippen molar-refractivity contribution in [1.29, 1.82) is 0 Å².